The second kappa shape index (κ2) is 5.91. The van der Waals surface area contributed by atoms with Gasteiger partial charge in [0.2, 0.25) is 5.91 Å². The van der Waals surface area contributed by atoms with Crippen LogP contribution >= 0.6 is 11.8 Å². The lowest BCUT2D eigenvalue weighted by Gasteiger charge is -2.37. The van der Waals surface area contributed by atoms with E-state index in [9.17, 15) is 19.1 Å². The lowest BCUT2D eigenvalue weighted by Crippen LogP contribution is -2.43. The monoisotopic (exact) mass is 323 g/mol. The Morgan fingerprint density at radius 1 is 1.41 bits per heavy atom. The van der Waals surface area contributed by atoms with Crippen molar-refractivity contribution in [2.24, 2.45) is 5.41 Å². The summed E-state index contributed by atoms with van der Waals surface area (Å²) >= 11 is 1.46. The molecule has 4 nitrogen and oxygen atoms in total. The summed E-state index contributed by atoms with van der Waals surface area (Å²) in [4.78, 5) is 24.2. The Kier molecular flexibility index (Phi) is 4.12. The number of rotatable bonds is 4. The number of carboxylic acid groups (broad SMARTS) is 1. The van der Waals surface area contributed by atoms with Crippen LogP contribution in [0, 0.1) is 11.2 Å². The molecule has 1 amide bonds. The quantitative estimate of drug-likeness (QED) is 0.893. The number of fused-ring (bicyclic) bond motifs is 1. The van der Waals surface area contributed by atoms with Crippen molar-refractivity contribution in [2.75, 3.05) is 5.75 Å². The van der Waals surface area contributed by atoms with E-state index in [1.807, 2.05) is 6.07 Å². The maximum Gasteiger partial charge on any atom is 0.310 e. The molecule has 3 rings (SSSR count). The molecule has 0 spiro atoms. The van der Waals surface area contributed by atoms with Gasteiger partial charge in [-0.15, -0.1) is 11.8 Å². The number of carboxylic acids is 1. The molecule has 6 heteroatoms. The molecule has 1 unspecified atom stereocenters. The summed E-state index contributed by atoms with van der Waals surface area (Å²) in [5.41, 5.74) is -0.0965. The molecule has 1 aliphatic heterocycles. The summed E-state index contributed by atoms with van der Waals surface area (Å²) in [6.45, 7) is 0. The van der Waals surface area contributed by atoms with E-state index in [0.717, 1.165) is 24.2 Å². The Morgan fingerprint density at radius 2 is 2.18 bits per heavy atom. The van der Waals surface area contributed by atoms with Crippen molar-refractivity contribution < 1.29 is 19.1 Å². The van der Waals surface area contributed by atoms with Crippen LogP contribution in [0.25, 0.3) is 0 Å². The van der Waals surface area contributed by atoms with Gasteiger partial charge >= 0.3 is 5.97 Å². The number of aliphatic carboxylic acids is 1. The number of halogens is 1. The molecule has 118 valence electrons. The van der Waals surface area contributed by atoms with Crippen LogP contribution in [-0.4, -0.2) is 22.7 Å². The summed E-state index contributed by atoms with van der Waals surface area (Å²) in [7, 11) is 0. The van der Waals surface area contributed by atoms with E-state index in [2.05, 4.69) is 5.32 Å². The number of benzene rings is 1. The maximum absolute atomic E-state index is 13.8. The highest BCUT2D eigenvalue weighted by Gasteiger charge is 2.46. The summed E-state index contributed by atoms with van der Waals surface area (Å²) < 4.78 is 13.8. The molecular formula is C16H18FNO3S. The number of hydrogen-bond acceptors (Lipinski definition) is 3. The third kappa shape index (κ3) is 2.72. The topological polar surface area (TPSA) is 66.4 Å². The van der Waals surface area contributed by atoms with Gasteiger partial charge in [-0.3, -0.25) is 9.59 Å². The van der Waals surface area contributed by atoms with Crippen LogP contribution in [0.1, 0.15) is 43.7 Å². The average molecular weight is 323 g/mol. The zero-order valence-corrected chi connectivity index (χ0v) is 12.9. The highest BCUT2D eigenvalue weighted by atomic mass is 32.2. The van der Waals surface area contributed by atoms with Gasteiger partial charge in [0.05, 0.1) is 11.5 Å². The first-order chi connectivity index (χ1) is 10.5. The van der Waals surface area contributed by atoms with Crippen LogP contribution < -0.4 is 5.32 Å². The molecule has 2 aliphatic rings. The fourth-order valence-electron chi connectivity index (χ4n) is 3.16. The third-order valence-corrected chi connectivity index (χ3v) is 5.78. The van der Waals surface area contributed by atoms with Crippen molar-refractivity contribution in [1.29, 1.82) is 0 Å². The molecule has 0 saturated heterocycles. The van der Waals surface area contributed by atoms with Crippen molar-refractivity contribution >= 4 is 23.6 Å². The Morgan fingerprint density at radius 3 is 2.82 bits per heavy atom. The van der Waals surface area contributed by atoms with Gasteiger partial charge in [-0.2, -0.15) is 0 Å². The number of thioether (sulfide) groups is 1. The molecule has 1 aromatic carbocycles. The Balaban J connectivity index is 1.71. The van der Waals surface area contributed by atoms with Gasteiger partial charge < -0.3 is 10.4 Å². The van der Waals surface area contributed by atoms with Crippen molar-refractivity contribution in [3.8, 4) is 0 Å². The van der Waals surface area contributed by atoms with Crippen molar-refractivity contribution in [1.82, 2.24) is 5.32 Å². The van der Waals surface area contributed by atoms with Gasteiger partial charge in [0, 0.05) is 17.1 Å². The number of carbonyl (C=O) groups excluding carboxylic acids is 1. The van der Waals surface area contributed by atoms with E-state index in [-0.39, 0.29) is 24.2 Å². The summed E-state index contributed by atoms with van der Waals surface area (Å²) in [6, 6.07) is 4.66. The standard InChI is InChI=1S/C16H18FNO3S/c17-11-4-1-3-10-12(5-8-22-14(10)11)18-13(19)9-16(15(20)21)6-2-7-16/h1,3-4,12H,2,5-9H2,(H,18,19)(H,20,21). The van der Waals surface area contributed by atoms with Crippen LogP contribution in [0.3, 0.4) is 0 Å². The molecular weight excluding hydrogens is 305 g/mol. The summed E-state index contributed by atoms with van der Waals surface area (Å²) in [5.74, 6) is -0.667. The zero-order valence-electron chi connectivity index (χ0n) is 12.1. The lowest BCUT2D eigenvalue weighted by atomic mass is 9.66. The highest BCUT2D eigenvalue weighted by molar-refractivity contribution is 7.99. The van der Waals surface area contributed by atoms with Gasteiger partial charge in [0.1, 0.15) is 5.82 Å². The molecule has 1 atom stereocenters. The van der Waals surface area contributed by atoms with E-state index in [1.54, 1.807) is 6.07 Å². The van der Waals surface area contributed by atoms with Crippen molar-refractivity contribution in [3.05, 3.63) is 29.6 Å². The van der Waals surface area contributed by atoms with E-state index in [1.165, 1.54) is 17.8 Å². The minimum Gasteiger partial charge on any atom is -0.481 e. The van der Waals surface area contributed by atoms with Gasteiger partial charge in [-0.25, -0.2) is 4.39 Å². The van der Waals surface area contributed by atoms with Crippen LogP contribution in [0.2, 0.25) is 0 Å². The number of nitrogens with one attached hydrogen (secondary N) is 1. The van der Waals surface area contributed by atoms with E-state index >= 15 is 0 Å². The number of carbonyl (C=O) groups is 2. The number of amides is 1. The number of hydrogen-bond donors (Lipinski definition) is 2. The first kappa shape index (κ1) is 15.3. The molecule has 1 aromatic rings. The Labute approximate surface area is 132 Å². The van der Waals surface area contributed by atoms with Crippen molar-refractivity contribution in [3.63, 3.8) is 0 Å². The first-order valence-corrected chi connectivity index (χ1v) is 8.44. The zero-order chi connectivity index (χ0) is 15.7. The first-order valence-electron chi connectivity index (χ1n) is 7.46. The molecule has 0 radical (unpaired) electrons. The molecule has 1 heterocycles. The largest absolute Gasteiger partial charge is 0.481 e. The summed E-state index contributed by atoms with van der Waals surface area (Å²) in [5, 5.41) is 12.2. The Bertz CT molecular complexity index is 615. The van der Waals surface area contributed by atoms with E-state index in [4.69, 9.17) is 0 Å². The van der Waals surface area contributed by atoms with Gasteiger partial charge in [-0.05, 0) is 30.9 Å². The van der Waals surface area contributed by atoms with Crippen LogP contribution in [0.15, 0.2) is 23.1 Å². The van der Waals surface area contributed by atoms with Crippen LogP contribution in [0.5, 0.6) is 0 Å². The fourth-order valence-corrected chi connectivity index (χ4v) is 4.30. The second-order valence-electron chi connectivity index (χ2n) is 6.03. The molecule has 0 aromatic heterocycles. The van der Waals surface area contributed by atoms with Crippen LogP contribution in [-0.2, 0) is 9.59 Å². The summed E-state index contributed by atoms with van der Waals surface area (Å²) in [6.07, 6.45) is 2.71. The fraction of sp³-hybridized carbons (Fsp3) is 0.500. The molecule has 1 aliphatic carbocycles. The molecule has 1 fully saturated rings. The predicted molar refractivity (Wildman–Crippen MR) is 81.2 cm³/mol. The molecule has 1 saturated carbocycles. The Hall–Kier alpha value is -1.56. The maximum atomic E-state index is 13.8. The lowest BCUT2D eigenvalue weighted by molar-refractivity contribution is -0.157. The van der Waals surface area contributed by atoms with Gasteiger partial charge in [0.25, 0.3) is 0 Å². The average Bonchev–Trinajstić information content (AvgIpc) is 2.44. The van der Waals surface area contributed by atoms with Gasteiger partial charge in [0.15, 0.2) is 0 Å². The van der Waals surface area contributed by atoms with Crippen LogP contribution in [0.4, 0.5) is 4.39 Å². The second-order valence-corrected chi connectivity index (χ2v) is 7.14. The van der Waals surface area contributed by atoms with E-state index in [0.29, 0.717) is 17.7 Å². The smallest absolute Gasteiger partial charge is 0.310 e. The van der Waals surface area contributed by atoms with E-state index < -0.39 is 11.4 Å². The third-order valence-electron chi connectivity index (χ3n) is 4.62. The minimum atomic E-state index is -0.891. The SMILES string of the molecule is O=C(CC1(C(=O)O)CCC1)NC1CCSc2c(F)cccc21. The minimum absolute atomic E-state index is 0.0105. The normalized spacial score (nSPS) is 22.3. The predicted octanol–water partition coefficient (Wildman–Crippen LogP) is 3.12. The highest BCUT2D eigenvalue weighted by Crippen LogP contribution is 2.44. The van der Waals surface area contributed by atoms with Gasteiger partial charge in [-0.1, -0.05) is 18.6 Å². The van der Waals surface area contributed by atoms with Crippen molar-refractivity contribution in [2.45, 2.75) is 43.0 Å². The molecule has 2 N–H and O–H groups in total. The molecule has 0 bridgehead atoms. The molecule has 22 heavy (non-hydrogen) atoms.